The summed E-state index contributed by atoms with van der Waals surface area (Å²) in [7, 11) is 0. The lowest BCUT2D eigenvalue weighted by molar-refractivity contribution is 0.184. The van der Waals surface area contributed by atoms with Crippen molar-refractivity contribution in [3.05, 3.63) is 48.7 Å². The number of pyridine rings is 1. The van der Waals surface area contributed by atoms with Gasteiger partial charge in [0.2, 0.25) is 0 Å². The summed E-state index contributed by atoms with van der Waals surface area (Å²) < 4.78 is 11.2. The van der Waals surface area contributed by atoms with Gasteiger partial charge in [-0.1, -0.05) is 0 Å². The first-order valence-electron chi connectivity index (χ1n) is 7.85. The summed E-state index contributed by atoms with van der Waals surface area (Å²) in [4.78, 5) is 18.1. The van der Waals surface area contributed by atoms with Crippen LogP contribution in [0, 0.1) is 0 Å². The van der Waals surface area contributed by atoms with Crippen LogP contribution in [0.5, 0.6) is 5.75 Å². The molecule has 6 nitrogen and oxygen atoms in total. The first-order valence-corrected chi connectivity index (χ1v) is 7.85. The fourth-order valence-corrected chi connectivity index (χ4v) is 2.70. The van der Waals surface area contributed by atoms with Gasteiger partial charge in [0.25, 0.3) is 0 Å². The lowest BCUT2D eigenvalue weighted by atomic mass is 10.2. The van der Waals surface area contributed by atoms with E-state index in [1.165, 1.54) is 0 Å². The number of hydrogen-bond donors (Lipinski definition) is 1. The van der Waals surface area contributed by atoms with Crippen molar-refractivity contribution in [2.45, 2.75) is 31.9 Å². The quantitative estimate of drug-likeness (QED) is 0.920. The molecule has 1 fully saturated rings. The third-order valence-electron chi connectivity index (χ3n) is 3.83. The van der Waals surface area contributed by atoms with E-state index >= 15 is 0 Å². The predicted molar refractivity (Wildman–Crippen MR) is 85.2 cm³/mol. The van der Waals surface area contributed by atoms with E-state index in [4.69, 9.17) is 9.15 Å². The van der Waals surface area contributed by atoms with Crippen molar-refractivity contribution in [2.75, 3.05) is 13.1 Å². The molecule has 3 rings (SSSR count). The first kappa shape index (κ1) is 15.4. The SMILES string of the molecule is C[C@@H](Cc1ccco1)NC(=O)N1CC[C@@H](Oc2cccnc2)C1. The Bertz CT molecular complexity index is 615. The molecule has 2 amide bonds. The average Bonchev–Trinajstić information content (AvgIpc) is 3.20. The van der Waals surface area contributed by atoms with Gasteiger partial charge in [-0.15, -0.1) is 0 Å². The summed E-state index contributed by atoms with van der Waals surface area (Å²) in [5.41, 5.74) is 0. The van der Waals surface area contributed by atoms with Crippen LogP contribution in [0.2, 0.25) is 0 Å². The molecule has 0 unspecified atom stereocenters. The number of nitrogens with zero attached hydrogens (tertiary/aromatic N) is 2. The summed E-state index contributed by atoms with van der Waals surface area (Å²) >= 11 is 0. The normalized spacial score (nSPS) is 18.7. The van der Waals surface area contributed by atoms with Crippen LogP contribution in [0.15, 0.2) is 47.3 Å². The van der Waals surface area contributed by atoms with Gasteiger partial charge < -0.3 is 19.4 Å². The molecule has 122 valence electrons. The van der Waals surface area contributed by atoms with Crippen molar-refractivity contribution in [3.8, 4) is 5.75 Å². The van der Waals surface area contributed by atoms with Crippen LogP contribution >= 0.6 is 0 Å². The van der Waals surface area contributed by atoms with Crippen LogP contribution < -0.4 is 10.1 Å². The molecule has 0 aliphatic carbocycles. The van der Waals surface area contributed by atoms with Crippen molar-refractivity contribution in [1.29, 1.82) is 0 Å². The molecule has 3 heterocycles. The van der Waals surface area contributed by atoms with Crippen molar-refractivity contribution in [1.82, 2.24) is 15.2 Å². The first-order chi connectivity index (χ1) is 11.2. The Hall–Kier alpha value is -2.50. The smallest absolute Gasteiger partial charge is 0.317 e. The van der Waals surface area contributed by atoms with Gasteiger partial charge in [-0.3, -0.25) is 4.98 Å². The predicted octanol–water partition coefficient (Wildman–Crippen LogP) is 2.47. The van der Waals surface area contributed by atoms with Crippen molar-refractivity contribution in [2.24, 2.45) is 0 Å². The Morgan fingerprint density at radius 2 is 2.43 bits per heavy atom. The molecule has 1 aliphatic heterocycles. The van der Waals surface area contributed by atoms with E-state index in [0.717, 1.165) is 17.9 Å². The molecular formula is C17H21N3O3. The maximum absolute atomic E-state index is 12.3. The number of carbonyl (C=O) groups is 1. The molecule has 0 spiro atoms. The molecule has 0 radical (unpaired) electrons. The van der Waals surface area contributed by atoms with Crippen LogP contribution in [0.25, 0.3) is 0 Å². The lowest BCUT2D eigenvalue weighted by Crippen LogP contribution is -2.44. The minimum atomic E-state index is -0.0543. The fraction of sp³-hybridized carbons (Fsp3) is 0.412. The van der Waals surface area contributed by atoms with Gasteiger partial charge in [-0.25, -0.2) is 4.79 Å². The van der Waals surface area contributed by atoms with Crippen LogP contribution in [0.4, 0.5) is 4.79 Å². The molecule has 1 N–H and O–H groups in total. The average molecular weight is 315 g/mol. The van der Waals surface area contributed by atoms with Gasteiger partial charge in [-0.05, 0) is 31.2 Å². The van der Waals surface area contributed by atoms with E-state index in [0.29, 0.717) is 19.5 Å². The zero-order valence-corrected chi connectivity index (χ0v) is 13.1. The highest BCUT2D eigenvalue weighted by molar-refractivity contribution is 5.74. The van der Waals surface area contributed by atoms with Crippen LogP contribution in [0.3, 0.4) is 0 Å². The van der Waals surface area contributed by atoms with E-state index in [1.807, 2.05) is 31.2 Å². The Morgan fingerprint density at radius 3 is 3.17 bits per heavy atom. The molecule has 0 saturated carbocycles. The highest BCUT2D eigenvalue weighted by Crippen LogP contribution is 2.17. The zero-order chi connectivity index (χ0) is 16.1. The number of nitrogens with one attached hydrogen (secondary N) is 1. The van der Waals surface area contributed by atoms with E-state index in [9.17, 15) is 4.79 Å². The van der Waals surface area contributed by atoms with E-state index < -0.39 is 0 Å². The highest BCUT2D eigenvalue weighted by Gasteiger charge is 2.28. The molecule has 2 atom stereocenters. The van der Waals surface area contributed by atoms with Gasteiger partial charge >= 0.3 is 6.03 Å². The molecular weight excluding hydrogens is 294 g/mol. The summed E-state index contributed by atoms with van der Waals surface area (Å²) in [6, 6.07) is 7.45. The van der Waals surface area contributed by atoms with Gasteiger partial charge in [0, 0.05) is 31.6 Å². The second-order valence-electron chi connectivity index (χ2n) is 5.80. The van der Waals surface area contributed by atoms with Gasteiger partial charge in [0.15, 0.2) is 0 Å². The summed E-state index contributed by atoms with van der Waals surface area (Å²) in [5, 5.41) is 3.00. The zero-order valence-electron chi connectivity index (χ0n) is 13.1. The third-order valence-corrected chi connectivity index (χ3v) is 3.83. The third kappa shape index (κ3) is 4.25. The standard InChI is InChI=1S/C17H21N3O3/c1-13(10-14-5-3-9-22-14)19-17(21)20-8-6-16(12-20)23-15-4-2-7-18-11-15/h2-5,7,9,11,13,16H,6,8,10,12H2,1H3,(H,19,21)/t13-,16+/m0/s1. The van der Waals surface area contributed by atoms with E-state index in [1.54, 1.807) is 23.6 Å². The number of likely N-dealkylation sites (tertiary alicyclic amines) is 1. The van der Waals surface area contributed by atoms with Crippen LogP contribution in [-0.4, -0.2) is 41.2 Å². The van der Waals surface area contributed by atoms with E-state index in [2.05, 4.69) is 10.3 Å². The van der Waals surface area contributed by atoms with Gasteiger partial charge in [0.05, 0.1) is 19.0 Å². The van der Waals surface area contributed by atoms with Crippen molar-refractivity contribution in [3.63, 3.8) is 0 Å². The topological polar surface area (TPSA) is 67.6 Å². The molecule has 0 aromatic carbocycles. The molecule has 2 aromatic rings. The molecule has 0 bridgehead atoms. The van der Waals surface area contributed by atoms with Gasteiger partial charge in [0.1, 0.15) is 17.6 Å². The van der Waals surface area contributed by atoms with Crippen molar-refractivity contribution >= 4 is 6.03 Å². The fourth-order valence-electron chi connectivity index (χ4n) is 2.70. The molecule has 1 aliphatic rings. The monoisotopic (exact) mass is 315 g/mol. The van der Waals surface area contributed by atoms with Gasteiger partial charge in [-0.2, -0.15) is 0 Å². The molecule has 1 saturated heterocycles. The van der Waals surface area contributed by atoms with E-state index in [-0.39, 0.29) is 18.2 Å². The summed E-state index contributed by atoms with van der Waals surface area (Å²) in [5.74, 6) is 1.61. The highest BCUT2D eigenvalue weighted by atomic mass is 16.5. The number of rotatable bonds is 5. The Labute approximate surface area is 135 Å². The van der Waals surface area contributed by atoms with Crippen LogP contribution in [-0.2, 0) is 6.42 Å². The minimum Gasteiger partial charge on any atom is -0.487 e. The summed E-state index contributed by atoms with van der Waals surface area (Å²) in [6.07, 6.45) is 6.57. The van der Waals surface area contributed by atoms with Crippen LogP contribution in [0.1, 0.15) is 19.1 Å². The lowest BCUT2D eigenvalue weighted by Gasteiger charge is -2.20. The second kappa shape index (κ2) is 7.17. The Morgan fingerprint density at radius 1 is 1.52 bits per heavy atom. The maximum atomic E-state index is 12.3. The maximum Gasteiger partial charge on any atom is 0.317 e. The number of hydrogen-bond acceptors (Lipinski definition) is 4. The number of aromatic nitrogens is 1. The Kier molecular flexibility index (Phi) is 4.80. The molecule has 23 heavy (non-hydrogen) atoms. The molecule has 6 heteroatoms. The Balaban J connectivity index is 1.45. The summed E-state index contributed by atoms with van der Waals surface area (Å²) in [6.45, 7) is 3.26. The number of furan rings is 1. The van der Waals surface area contributed by atoms with Crippen molar-refractivity contribution < 1.29 is 13.9 Å². The largest absolute Gasteiger partial charge is 0.487 e. The molecule has 2 aromatic heterocycles. The number of urea groups is 1. The number of ether oxygens (including phenoxy) is 1. The second-order valence-corrected chi connectivity index (χ2v) is 5.80. The number of carbonyl (C=O) groups excluding carboxylic acids is 1. The number of amides is 2. The minimum absolute atomic E-state index is 0.0188.